The number of halogens is 1. The summed E-state index contributed by atoms with van der Waals surface area (Å²) in [6.07, 6.45) is 4.04. The number of carbonyl (C=O) groups is 2. The number of hydrogen-bond acceptors (Lipinski definition) is 4. The Morgan fingerprint density at radius 1 is 1.03 bits per heavy atom. The van der Waals surface area contributed by atoms with E-state index in [9.17, 15) is 9.59 Å². The summed E-state index contributed by atoms with van der Waals surface area (Å²) in [5.74, 6) is 0.511. The van der Waals surface area contributed by atoms with Crippen LogP contribution in [0.2, 0.25) is 5.02 Å². The van der Waals surface area contributed by atoms with Crippen LogP contribution in [0.25, 0.3) is 10.9 Å². The van der Waals surface area contributed by atoms with Gasteiger partial charge < -0.3 is 15.5 Å². The van der Waals surface area contributed by atoms with E-state index in [-0.39, 0.29) is 24.0 Å². The molecule has 0 spiro atoms. The van der Waals surface area contributed by atoms with E-state index in [1.54, 1.807) is 4.90 Å². The van der Waals surface area contributed by atoms with Gasteiger partial charge in [0.2, 0.25) is 5.91 Å². The molecule has 0 saturated carbocycles. The summed E-state index contributed by atoms with van der Waals surface area (Å²) >= 11 is 6.23. The maximum atomic E-state index is 13.3. The predicted octanol–water partition coefficient (Wildman–Crippen LogP) is 4.69. The van der Waals surface area contributed by atoms with Gasteiger partial charge in [-0.2, -0.15) is 0 Å². The van der Waals surface area contributed by atoms with Crippen LogP contribution in [-0.4, -0.2) is 70.4 Å². The van der Waals surface area contributed by atoms with Crippen LogP contribution in [-0.2, 0) is 4.79 Å². The number of benzene rings is 2. The van der Waals surface area contributed by atoms with Gasteiger partial charge in [-0.1, -0.05) is 48.0 Å². The number of piperidine rings is 1. The van der Waals surface area contributed by atoms with E-state index in [1.165, 1.54) is 0 Å². The topological polar surface area (TPSA) is 82.8 Å². The van der Waals surface area contributed by atoms with Crippen LogP contribution >= 0.6 is 11.6 Å². The molecule has 5 rings (SSSR count). The van der Waals surface area contributed by atoms with Crippen LogP contribution in [0.1, 0.15) is 43.4 Å². The van der Waals surface area contributed by atoms with Crippen molar-refractivity contribution in [1.29, 1.82) is 0 Å². The highest BCUT2D eigenvalue weighted by molar-refractivity contribution is 6.30. The molecule has 0 aliphatic carbocycles. The lowest BCUT2D eigenvalue weighted by Crippen LogP contribution is -2.55. The SMILES string of the molecule is CC1CN(C(c2ccc(Cl)cc2)c2cccc3cccnc23)CCN1C(=O)CC1CCN(C(N)=O)CC1. The lowest BCUT2D eigenvalue weighted by molar-refractivity contribution is -0.137. The second kappa shape index (κ2) is 11.1. The molecule has 2 unspecified atom stereocenters. The zero-order chi connectivity index (χ0) is 25.9. The molecule has 2 atom stereocenters. The Balaban J connectivity index is 1.33. The first-order valence-corrected chi connectivity index (χ1v) is 13.5. The van der Waals surface area contributed by atoms with Crippen molar-refractivity contribution in [2.45, 2.75) is 38.3 Å². The summed E-state index contributed by atoms with van der Waals surface area (Å²) in [4.78, 5) is 35.6. The van der Waals surface area contributed by atoms with Crippen LogP contribution in [0.15, 0.2) is 60.8 Å². The number of likely N-dealkylation sites (tertiary alicyclic amines) is 1. The molecule has 7 nitrogen and oxygen atoms in total. The molecule has 2 saturated heterocycles. The van der Waals surface area contributed by atoms with Crippen molar-refractivity contribution < 1.29 is 9.59 Å². The van der Waals surface area contributed by atoms with Gasteiger partial charge in [0.05, 0.1) is 11.6 Å². The van der Waals surface area contributed by atoms with Crippen LogP contribution in [0.4, 0.5) is 4.79 Å². The monoisotopic (exact) mass is 519 g/mol. The Hall–Kier alpha value is -3.16. The standard InChI is InChI=1S/C29H34ClN5O2/c1-20-19-34(16-17-35(20)26(36)18-21-11-14-33(15-12-21)29(31)37)28(23-7-9-24(30)10-8-23)25-6-2-4-22-5-3-13-32-27(22)25/h2-10,13,20-21,28H,11-12,14-19H2,1H3,(H2,31,37). The van der Waals surface area contributed by atoms with Crippen molar-refractivity contribution in [3.05, 3.63) is 76.9 Å². The maximum Gasteiger partial charge on any atom is 0.314 e. The molecule has 0 radical (unpaired) electrons. The van der Waals surface area contributed by atoms with E-state index < -0.39 is 0 Å². The zero-order valence-electron chi connectivity index (χ0n) is 21.2. The van der Waals surface area contributed by atoms with Gasteiger partial charge in [-0.15, -0.1) is 0 Å². The summed E-state index contributed by atoms with van der Waals surface area (Å²) in [5, 5.41) is 1.83. The fourth-order valence-corrected chi connectivity index (χ4v) is 6.02. The number of hydrogen-bond donors (Lipinski definition) is 1. The van der Waals surface area contributed by atoms with Gasteiger partial charge in [0.15, 0.2) is 0 Å². The molecule has 8 heteroatoms. The molecule has 3 heterocycles. The fourth-order valence-electron chi connectivity index (χ4n) is 5.89. The number of amides is 3. The summed E-state index contributed by atoms with van der Waals surface area (Å²) in [5.41, 5.74) is 8.73. The highest BCUT2D eigenvalue weighted by Crippen LogP contribution is 2.35. The molecule has 194 valence electrons. The van der Waals surface area contributed by atoms with E-state index in [1.807, 2.05) is 29.3 Å². The Labute approximate surface area is 223 Å². The average molecular weight is 520 g/mol. The lowest BCUT2D eigenvalue weighted by Gasteiger charge is -2.44. The summed E-state index contributed by atoms with van der Waals surface area (Å²) in [7, 11) is 0. The van der Waals surface area contributed by atoms with Crippen molar-refractivity contribution in [2.75, 3.05) is 32.7 Å². The number of nitrogens with two attached hydrogens (primary N) is 1. The quantitative estimate of drug-likeness (QED) is 0.530. The molecule has 37 heavy (non-hydrogen) atoms. The summed E-state index contributed by atoms with van der Waals surface area (Å²) in [6, 6.07) is 18.2. The van der Waals surface area contributed by atoms with Gasteiger partial charge in [0, 0.05) is 67.4 Å². The number of fused-ring (bicyclic) bond motifs is 1. The lowest BCUT2D eigenvalue weighted by atomic mass is 9.92. The minimum atomic E-state index is -0.369. The highest BCUT2D eigenvalue weighted by atomic mass is 35.5. The van der Waals surface area contributed by atoms with E-state index in [0.717, 1.165) is 48.0 Å². The molecule has 1 aromatic heterocycles. The van der Waals surface area contributed by atoms with Crippen LogP contribution < -0.4 is 5.73 Å². The molecule has 3 aromatic rings. The van der Waals surface area contributed by atoms with Crippen molar-refractivity contribution in [2.24, 2.45) is 11.7 Å². The van der Waals surface area contributed by atoms with Crippen molar-refractivity contribution in [3.8, 4) is 0 Å². The van der Waals surface area contributed by atoms with Gasteiger partial charge in [-0.3, -0.25) is 14.7 Å². The molecule has 2 aliphatic heterocycles. The second-order valence-corrected chi connectivity index (χ2v) is 10.7. The number of nitrogens with zero attached hydrogens (tertiary/aromatic N) is 4. The first-order valence-electron chi connectivity index (χ1n) is 13.1. The number of aromatic nitrogens is 1. The van der Waals surface area contributed by atoms with E-state index >= 15 is 0 Å². The van der Waals surface area contributed by atoms with Crippen LogP contribution in [0.3, 0.4) is 0 Å². The smallest absolute Gasteiger partial charge is 0.314 e. The molecule has 2 fully saturated rings. The molecular weight excluding hydrogens is 486 g/mol. The summed E-state index contributed by atoms with van der Waals surface area (Å²) in [6.45, 7) is 5.63. The third kappa shape index (κ3) is 5.58. The summed E-state index contributed by atoms with van der Waals surface area (Å²) < 4.78 is 0. The van der Waals surface area contributed by atoms with Crippen molar-refractivity contribution in [1.82, 2.24) is 19.7 Å². The number of pyridine rings is 1. The molecule has 2 aromatic carbocycles. The van der Waals surface area contributed by atoms with Gasteiger partial charge in [-0.25, -0.2) is 4.79 Å². The number of rotatable bonds is 5. The van der Waals surface area contributed by atoms with Gasteiger partial charge in [-0.05, 0) is 49.4 Å². The van der Waals surface area contributed by atoms with Gasteiger partial charge in [0.25, 0.3) is 0 Å². The Morgan fingerprint density at radius 3 is 2.46 bits per heavy atom. The van der Waals surface area contributed by atoms with Crippen molar-refractivity contribution >= 4 is 34.4 Å². The predicted molar refractivity (Wildman–Crippen MR) is 146 cm³/mol. The second-order valence-electron chi connectivity index (χ2n) is 10.3. The molecular formula is C29H34ClN5O2. The maximum absolute atomic E-state index is 13.3. The Kier molecular flexibility index (Phi) is 7.63. The van der Waals surface area contributed by atoms with Gasteiger partial charge >= 0.3 is 6.03 Å². The number of primary amides is 1. The normalized spacial score (nSPS) is 20.2. The number of para-hydroxylation sites is 1. The largest absolute Gasteiger partial charge is 0.351 e. The third-order valence-electron chi connectivity index (χ3n) is 7.88. The van der Waals surface area contributed by atoms with Crippen LogP contribution in [0.5, 0.6) is 0 Å². The molecule has 2 N–H and O–H groups in total. The average Bonchev–Trinajstić information content (AvgIpc) is 2.90. The van der Waals surface area contributed by atoms with Crippen LogP contribution in [0, 0.1) is 5.92 Å². The number of urea groups is 1. The molecule has 3 amide bonds. The first kappa shape index (κ1) is 25.5. The Bertz CT molecular complexity index is 1250. The van der Waals surface area contributed by atoms with Crippen molar-refractivity contribution in [3.63, 3.8) is 0 Å². The third-order valence-corrected chi connectivity index (χ3v) is 8.13. The molecule has 0 bridgehead atoms. The number of piperazine rings is 1. The first-order chi connectivity index (χ1) is 17.9. The minimum absolute atomic E-state index is 0.00805. The van der Waals surface area contributed by atoms with E-state index in [2.05, 4.69) is 48.2 Å². The Morgan fingerprint density at radius 2 is 1.76 bits per heavy atom. The van der Waals surface area contributed by atoms with Gasteiger partial charge in [0.1, 0.15) is 0 Å². The van der Waals surface area contributed by atoms with E-state index in [4.69, 9.17) is 22.3 Å². The fraction of sp³-hybridized carbons (Fsp3) is 0.414. The minimum Gasteiger partial charge on any atom is -0.351 e. The van der Waals surface area contributed by atoms with E-state index in [0.29, 0.717) is 37.0 Å². The number of carbonyl (C=O) groups excluding carboxylic acids is 2. The molecule has 2 aliphatic rings. The highest BCUT2D eigenvalue weighted by Gasteiger charge is 2.34. The zero-order valence-corrected chi connectivity index (χ0v) is 22.0.